The largest absolute Gasteiger partial charge is 0.382 e. The molecule has 0 aromatic carbocycles. The molecule has 0 spiro atoms. The Bertz CT molecular complexity index is 174. The highest BCUT2D eigenvalue weighted by atomic mass is 28.2. The first kappa shape index (κ1) is 19.1. The lowest BCUT2D eigenvalue weighted by Gasteiger charge is -2.18. The summed E-state index contributed by atoms with van der Waals surface area (Å²) in [5, 5.41) is 0. The molecule has 0 aliphatic heterocycles. The van der Waals surface area contributed by atoms with Crippen molar-refractivity contribution in [1.29, 1.82) is 0 Å². The summed E-state index contributed by atoms with van der Waals surface area (Å²) in [5.74, 6) is 0.0780. The predicted molar refractivity (Wildman–Crippen MR) is 83.6 cm³/mol. The van der Waals surface area contributed by atoms with Gasteiger partial charge in [0.2, 0.25) is 0 Å². The molecule has 0 atom stereocenters. The van der Waals surface area contributed by atoms with Gasteiger partial charge in [0.25, 0.3) is 0 Å². The second kappa shape index (κ2) is 14.5. The van der Waals surface area contributed by atoms with Crippen LogP contribution >= 0.6 is 0 Å². The van der Waals surface area contributed by atoms with Gasteiger partial charge in [-0.15, -0.1) is 0 Å². The molecule has 116 valence electrons. The predicted octanol–water partition coefficient (Wildman–Crippen LogP) is 1.68. The van der Waals surface area contributed by atoms with Gasteiger partial charge in [-0.05, 0) is 39.4 Å². The molecule has 19 heavy (non-hydrogen) atoms. The van der Waals surface area contributed by atoms with E-state index in [1.165, 1.54) is 0 Å². The van der Waals surface area contributed by atoms with Crippen molar-refractivity contribution < 1.29 is 14.2 Å². The molecule has 0 heterocycles. The lowest BCUT2D eigenvalue weighted by atomic mass is 10.4. The van der Waals surface area contributed by atoms with E-state index in [0.29, 0.717) is 0 Å². The van der Waals surface area contributed by atoms with Gasteiger partial charge >= 0.3 is 0 Å². The average molecular weight is 292 g/mol. The van der Waals surface area contributed by atoms with Crippen LogP contribution in [0.2, 0.25) is 6.04 Å². The Labute approximate surface area is 121 Å². The van der Waals surface area contributed by atoms with Gasteiger partial charge in [-0.2, -0.15) is 0 Å². The molecule has 0 amide bonds. The third-order valence-corrected chi connectivity index (χ3v) is 4.73. The summed E-state index contributed by atoms with van der Waals surface area (Å²) in [5.41, 5.74) is 0. The molecule has 0 N–H and O–H groups in total. The van der Waals surface area contributed by atoms with Crippen molar-refractivity contribution in [2.45, 2.75) is 46.1 Å². The van der Waals surface area contributed by atoms with Gasteiger partial charge in [0.15, 0.2) is 0 Å². The van der Waals surface area contributed by atoms with E-state index in [2.05, 4.69) is 18.7 Å². The molecule has 0 unspecified atom stereocenters. The highest BCUT2D eigenvalue weighted by Gasteiger charge is 2.07. The number of nitrogens with zero attached hydrogens (tertiary/aromatic N) is 1. The lowest BCUT2D eigenvalue weighted by Crippen LogP contribution is -2.26. The minimum absolute atomic E-state index is 0.0780. The molecule has 0 bridgehead atoms. The van der Waals surface area contributed by atoms with Gasteiger partial charge in [0.05, 0.1) is 9.52 Å². The van der Waals surface area contributed by atoms with Gasteiger partial charge in [-0.1, -0.05) is 13.8 Å². The van der Waals surface area contributed by atoms with Crippen molar-refractivity contribution in [1.82, 2.24) is 4.90 Å². The summed E-state index contributed by atoms with van der Waals surface area (Å²) >= 11 is 0. The van der Waals surface area contributed by atoms with E-state index in [4.69, 9.17) is 14.2 Å². The third kappa shape index (κ3) is 11.6. The Kier molecular flexibility index (Phi) is 14.5. The normalized spacial score (nSPS) is 12.3. The molecule has 0 fully saturated rings. The van der Waals surface area contributed by atoms with Crippen LogP contribution in [0.5, 0.6) is 0 Å². The van der Waals surface area contributed by atoms with Crippen LogP contribution in [-0.2, 0) is 14.2 Å². The molecule has 0 rings (SSSR count). The summed E-state index contributed by atoms with van der Waals surface area (Å²) in [6, 6.07) is 1.13. The van der Waals surface area contributed by atoms with E-state index >= 15 is 0 Å². The number of hydrogen-bond acceptors (Lipinski definition) is 4. The molecule has 0 saturated heterocycles. The van der Waals surface area contributed by atoms with E-state index in [1.807, 2.05) is 13.8 Å². The van der Waals surface area contributed by atoms with Crippen LogP contribution in [0.15, 0.2) is 0 Å². The molecule has 0 aliphatic carbocycles. The van der Waals surface area contributed by atoms with Crippen LogP contribution in [0.25, 0.3) is 0 Å². The van der Waals surface area contributed by atoms with Crippen LogP contribution in [-0.4, -0.2) is 66.4 Å². The second-order valence-electron chi connectivity index (χ2n) is 4.48. The van der Waals surface area contributed by atoms with Gasteiger partial charge in [-0.25, -0.2) is 0 Å². The quantitative estimate of drug-likeness (QED) is 0.277. The highest BCUT2D eigenvalue weighted by Crippen LogP contribution is 1.98. The monoisotopic (exact) mass is 291 g/mol. The van der Waals surface area contributed by atoms with Crippen molar-refractivity contribution in [3.8, 4) is 0 Å². The summed E-state index contributed by atoms with van der Waals surface area (Å²) in [6.07, 6.45) is 1.13. The maximum atomic E-state index is 5.68. The molecule has 0 saturated carbocycles. The Morgan fingerprint density at radius 2 is 1.58 bits per heavy atom. The van der Waals surface area contributed by atoms with Crippen molar-refractivity contribution in [3.05, 3.63) is 0 Å². The topological polar surface area (TPSA) is 30.9 Å². The van der Waals surface area contributed by atoms with Gasteiger partial charge in [0, 0.05) is 33.0 Å². The molecule has 0 aliphatic rings. The Balaban J connectivity index is 3.38. The lowest BCUT2D eigenvalue weighted by molar-refractivity contribution is -0.0830. The zero-order chi connectivity index (χ0) is 14.3. The first-order valence-corrected chi connectivity index (χ1v) is 9.63. The van der Waals surface area contributed by atoms with E-state index in [9.17, 15) is 0 Å². The van der Waals surface area contributed by atoms with E-state index in [-0.39, 0.29) is 15.4 Å². The summed E-state index contributed by atoms with van der Waals surface area (Å²) < 4.78 is 16.8. The van der Waals surface area contributed by atoms with Crippen molar-refractivity contribution in [3.63, 3.8) is 0 Å². The summed E-state index contributed by atoms with van der Waals surface area (Å²) in [7, 11) is -0.335. The van der Waals surface area contributed by atoms with Crippen LogP contribution in [0.4, 0.5) is 0 Å². The van der Waals surface area contributed by atoms with Crippen LogP contribution < -0.4 is 0 Å². The maximum Gasteiger partial charge on any atom is 0.134 e. The fourth-order valence-electron chi connectivity index (χ4n) is 1.97. The minimum Gasteiger partial charge on any atom is -0.382 e. The van der Waals surface area contributed by atoms with Crippen molar-refractivity contribution in [2.24, 2.45) is 0 Å². The number of ether oxygens (including phenoxy) is 3. The number of hydrogen-bond donors (Lipinski definition) is 0. The van der Waals surface area contributed by atoms with E-state index in [0.717, 1.165) is 58.5 Å². The fourth-order valence-corrected chi connectivity index (χ4v) is 3.48. The van der Waals surface area contributed by atoms with Gasteiger partial charge in [0.1, 0.15) is 5.91 Å². The van der Waals surface area contributed by atoms with Gasteiger partial charge in [-0.3, -0.25) is 0 Å². The minimum atomic E-state index is -0.335. The summed E-state index contributed by atoms with van der Waals surface area (Å²) in [4.78, 5) is 2.43. The fraction of sp³-hybridized carbons (Fsp3) is 1.00. The van der Waals surface area contributed by atoms with Crippen LogP contribution in [0.3, 0.4) is 0 Å². The zero-order valence-electron chi connectivity index (χ0n) is 13.3. The first-order valence-electron chi connectivity index (χ1n) is 7.81. The average Bonchev–Trinajstić information content (AvgIpc) is 2.42. The second-order valence-corrected chi connectivity index (χ2v) is 6.43. The van der Waals surface area contributed by atoms with Crippen LogP contribution in [0.1, 0.15) is 34.1 Å². The Morgan fingerprint density at radius 1 is 0.947 bits per heavy atom. The van der Waals surface area contributed by atoms with Crippen LogP contribution in [0, 0.1) is 0 Å². The zero-order valence-corrected chi connectivity index (χ0v) is 14.7. The molecule has 5 heteroatoms. The Morgan fingerprint density at radius 3 is 2.11 bits per heavy atom. The molecule has 0 aromatic rings. The smallest absolute Gasteiger partial charge is 0.134 e. The van der Waals surface area contributed by atoms with E-state index < -0.39 is 0 Å². The molecular formula is C14H33NO3Si. The van der Waals surface area contributed by atoms with Gasteiger partial charge < -0.3 is 19.1 Å². The standard InChI is InChI=1S/C14H33NO3Si/c1-5-15(6-2)10-9-11-16-12-13-19-14(17-7-3)18-8-4/h14H,5-13,19H2,1-4H3. The van der Waals surface area contributed by atoms with Crippen molar-refractivity contribution >= 4 is 9.52 Å². The van der Waals surface area contributed by atoms with Crippen molar-refractivity contribution in [2.75, 3.05) is 46.1 Å². The third-order valence-electron chi connectivity index (χ3n) is 3.09. The molecule has 0 radical (unpaired) electrons. The molecule has 4 nitrogen and oxygen atoms in total. The first-order chi connectivity index (χ1) is 9.28. The maximum absolute atomic E-state index is 5.68. The molecule has 0 aromatic heterocycles. The molecular weight excluding hydrogens is 258 g/mol. The Hall–Kier alpha value is 0.0569. The van der Waals surface area contributed by atoms with E-state index in [1.54, 1.807) is 0 Å². The summed E-state index contributed by atoms with van der Waals surface area (Å²) in [6.45, 7) is 15.1. The number of rotatable bonds is 14. The highest BCUT2D eigenvalue weighted by molar-refractivity contribution is 6.36. The SMILES string of the molecule is CCOC(OCC)[SiH2]CCOCCCN(CC)CC.